The van der Waals surface area contributed by atoms with Crippen LogP contribution < -0.4 is 10.1 Å². The van der Waals surface area contributed by atoms with Gasteiger partial charge in [-0.25, -0.2) is 0 Å². The monoisotopic (exact) mass is 448 g/mol. The summed E-state index contributed by atoms with van der Waals surface area (Å²) >= 11 is 1.93. The Morgan fingerprint density at radius 3 is 2.53 bits per heavy atom. The molecule has 0 fully saturated rings. The highest BCUT2D eigenvalue weighted by molar-refractivity contribution is 7.12. The van der Waals surface area contributed by atoms with Gasteiger partial charge in [-0.05, 0) is 67.5 Å². The Hall–Kier alpha value is -2.63. The minimum absolute atomic E-state index is 0.0544. The second-order valence-corrected chi connectivity index (χ2v) is 9.75. The van der Waals surface area contributed by atoms with E-state index in [1.165, 1.54) is 26.4 Å². The first-order valence-electron chi connectivity index (χ1n) is 11.3. The molecule has 4 nitrogen and oxygen atoms in total. The lowest BCUT2D eigenvalue weighted by molar-refractivity contribution is -0.127. The van der Waals surface area contributed by atoms with Crippen LogP contribution in [0.2, 0.25) is 0 Å². The van der Waals surface area contributed by atoms with Crippen molar-refractivity contribution in [1.82, 2.24) is 10.2 Å². The highest BCUT2D eigenvalue weighted by Gasteiger charge is 2.38. The van der Waals surface area contributed by atoms with E-state index in [-0.39, 0.29) is 18.0 Å². The van der Waals surface area contributed by atoms with Crippen molar-refractivity contribution in [2.24, 2.45) is 0 Å². The van der Waals surface area contributed by atoms with Crippen LogP contribution in [0.4, 0.5) is 0 Å². The van der Waals surface area contributed by atoms with Crippen molar-refractivity contribution in [2.75, 3.05) is 20.7 Å². The molecule has 0 saturated carbocycles. The number of aryl methyl sites for hydroxylation is 2. The molecule has 0 radical (unpaired) electrons. The molecule has 3 aromatic rings. The maximum Gasteiger partial charge on any atom is 0.241 e. The van der Waals surface area contributed by atoms with E-state index in [0.29, 0.717) is 0 Å². The van der Waals surface area contributed by atoms with Crippen LogP contribution in [0.5, 0.6) is 5.75 Å². The number of carbonyl (C=O) groups is 1. The molecular weight excluding hydrogens is 416 g/mol. The molecule has 2 heterocycles. The average molecular weight is 449 g/mol. The molecular formula is C27H32N2O2S. The van der Waals surface area contributed by atoms with Crippen LogP contribution >= 0.6 is 11.3 Å². The van der Waals surface area contributed by atoms with E-state index < -0.39 is 0 Å². The van der Waals surface area contributed by atoms with Gasteiger partial charge in [0, 0.05) is 29.4 Å². The van der Waals surface area contributed by atoms with Gasteiger partial charge in [0.15, 0.2) is 0 Å². The summed E-state index contributed by atoms with van der Waals surface area (Å²) in [6, 6.07) is 18.4. The maximum absolute atomic E-state index is 13.1. The van der Waals surface area contributed by atoms with Gasteiger partial charge in [-0.2, -0.15) is 0 Å². The lowest BCUT2D eigenvalue weighted by Gasteiger charge is -2.41. The quantitative estimate of drug-likeness (QED) is 0.527. The molecule has 2 aromatic carbocycles. The van der Waals surface area contributed by atoms with Crippen LogP contribution in [-0.2, 0) is 17.6 Å². The van der Waals surface area contributed by atoms with E-state index in [1.54, 1.807) is 14.2 Å². The zero-order valence-corrected chi connectivity index (χ0v) is 20.2. The summed E-state index contributed by atoms with van der Waals surface area (Å²) in [5.41, 5.74) is 5.17. The fourth-order valence-electron chi connectivity index (χ4n) is 4.87. The van der Waals surface area contributed by atoms with E-state index in [1.807, 2.05) is 41.7 Å². The van der Waals surface area contributed by atoms with Crippen LogP contribution in [0.3, 0.4) is 0 Å². The standard InChI is InChI=1S/C27H32N2O2S/c1-18-19(2)32-24-16-17-29(26(27(30)28-3)21-8-6-5-7-9-21)23(25(18)24)15-12-20-10-13-22(31-4)14-11-20/h5-11,13-14,23,26H,12,15-17H2,1-4H3,(H,28,30). The van der Waals surface area contributed by atoms with Crippen LogP contribution in [-0.4, -0.2) is 31.5 Å². The second kappa shape index (κ2) is 9.88. The Morgan fingerprint density at radius 1 is 1.16 bits per heavy atom. The molecule has 1 aromatic heterocycles. The predicted molar refractivity (Wildman–Crippen MR) is 132 cm³/mol. The first kappa shape index (κ1) is 22.6. The number of fused-ring (bicyclic) bond motifs is 1. The van der Waals surface area contributed by atoms with E-state index in [2.05, 4.69) is 48.3 Å². The van der Waals surface area contributed by atoms with Gasteiger partial charge in [-0.3, -0.25) is 9.69 Å². The molecule has 1 N–H and O–H groups in total. The number of amides is 1. The summed E-state index contributed by atoms with van der Waals surface area (Å²) in [6.45, 7) is 5.34. The summed E-state index contributed by atoms with van der Waals surface area (Å²) in [6.07, 6.45) is 2.92. The Morgan fingerprint density at radius 2 is 1.88 bits per heavy atom. The SMILES string of the molecule is CNC(=O)C(c1ccccc1)N1CCc2sc(C)c(C)c2C1CCc1ccc(OC)cc1. The van der Waals surface area contributed by atoms with Gasteiger partial charge in [0.1, 0.15) is 11.8 Å². The van der Waals surface area contributed by atoms with Gasteiger partial charge in [0.2, 0.25) is 5.91 Å². The molecule has 0 bridgehead atoms. The number of rotatable bonds is 7. The molecule has 1 amide bonds. The molecule has 168 valence electrons. The molecule has 0 saturated heterocycles. The molecule has 32 heavy (non-hydrogen) atoms. The molecule has 1 aliphatic heterocycles. The number of ether oxygens (including phenoxy) is 1. The molecule has 2 unspecified atom stereocenters. The lowest BCUT2D eigenvalue weighted by Crippen LogP contribution is -2.44. The Balaban J connectivity index is 1.70. The fourth-order valence-corrected chi connectivity index (χ4v) is 6.09. The van der Waals surface area contributed by atoms with Crippen LogP contribution in [0, 0.1) is 13.8 Å². The number of nitrogens with zero attached hydrogens (tertiary/aromatic N) is 1. The molecule has 5 heteroatoms. The Kier molecular flexibility index (Phi) is 6.97. The topological polar surface area (TPSA) is 41.6 Å². The third-order valence-electron chi connectivity index (χ3n) is 6.65. The summed E-state index contributed by atoms with van der Waals surface area (Å²) in [4.78, 5) is 18.4. The van der Waals surface area contributed by atoms with E-state index in [0.717, 1.165) is 37.1 Å². The largest absolute Gasteiger partial charge is 0.497 e. The molecule has 0 spiro atoms. The van der Waals surface area contributed by atoms with Gasteiger partial charge in [-0.1, -0.05) is 42.5 Å². The Bertz CT molecular complexity index is 1060. The number of hydrogen-bond acceptors (Lipinski definition) is 4. The highest BCUT2D eigenvalue weighted by atomic mass is 32.1. The molecule has 4 rings (SSSR count). The zero-order valence-electron chi connectivity index (χ0n) is 19.4. The Labute approximate surface area is 195 Å². The van der Waals surface area contributed by atoms with Gasteiger partial charge in [0.05, 0.1) is 7.11 Å². The van der Waals surface area contributed by atoms with Crippen molar-refractivity contribution in [3.05, 3.63) is 86.6 Å². The average Bonchev–Trinajstić information content (AvgIpc) is 3.12. The van der Waals surface area contributed by atoms with E-state index >= 15 is 0 Å². The van der Waals surface area contributed by atoms with Crippen molar-refractivity contribution < 1.29 is 9.53 Å². The highest BCUT2D eigenvalue weighted by Crippen LogP contribution is 2.44. The maximum atomic E-state index is 13.1. The van der Waals surface area contributed by atoms with Gasteiger partial charge >= 0.3 is 0 Å². The van der Waals surface area contributed by atoms with Gasteiger partial charge in [0.25, 0.3) is 0 Å². The third kappa shape index (κ3) is 4.45. The smallest absolute Gasteiger partial charge is 0.241 e. The number of nitrogens with one attached hydrogen (secondary N) is 1. The predicted octanol–water partition coefficient (Wildman–Crippen LogP) is 5.39. The van der Waals surface area contributed by atoms with Gasteiger partial charge < -0.3 is 10.1 Å². The minimum atomic E-state index is -0.296. The first-order chi connectivity index (χ1) is 15.5. The van der Waals surface area contributed by atoms with E-state index in [9.17, 15) is 4.79 Å². The first-order valence-corrected chi connectivity index (χ1v) is 12.1. The fraction of sp³-hybridized carbons (Fsp3) is 0.370. The molecule has 2 atom stereocenters. The summed E-state index contributed by atoms with van der Waals surface area (Å²) < 4.78 is 5.31. The second-order valence-electron chi connectivity index (χ2n) is 8.44. The van der Waals surface area contributed by atoms with Crippen LogP contribution in [0.1, 0.15) is 50.5 Å². The van der Waals surface area contributed by atoms with Gasteiger partial charge in [-0.15, -0.1) is 11.3 Å². The number of hydrogen-bond donors (Lipinski definition) is 1. The normalized spacial score (nSPS) is 16.9. The third-order valence-corrected chi connectivity index (χ3v) is 7.93. The molecule has 1 aliphatic rings. The van der Waals surface area contributed by atoms with Crippen molar-refractivity contribution in [3.8, 4) is 5.75 Å². The number of likely N-dealkylation sites (N-methyl/N-ethyl adjacent to an activating group) is 1. The zero-order chi connectivity index (χ0) is 22.7. The lowest BCUT2D eigenvalue weighted by atomic mass is 9.88. The van der Waals surface area contributed by atoms with Crippen molar-refractivity contribution in [2.45, 2.75) is 45.2 Å². The van der Waals surface area contributed by atoms with Crippen molar-refractivity contribution >= 4 is 17.2 Å². The van der Waals surface area contributed by atoms with Crippen molar-refractivity contribution in [3.63, 3.8) is 0 Å². The van der Waals surface area contributed by atoms with Crippen molar-refractivity contribution in [1.29, 1.82) is 0 Å². The van der Waals surface area contributed by atoms with E-state index in [4.69, 9.17) is 4.74 Å². The number of methoxy groups -OCH3 is 1. The molecule has 0 aliphatic carbocycles. The summed E-state index contributed by atoms with van der Waals surface area (Å²) in [5, 5.41) is 2.92. The summed E-state index contributed by atoms with van der Waals surface area (Å²) in [5.74, 6) is 0.932. The number of thiophene rings is 1. The minimum Gasteiger partial charge on any atom is -0.497 e. The number of carbonyl (C=O) groups excluding carboxylic acids is 1. The van der Waals surface area contributed by atoms with Crippen LogP contribution in [0.15, 0.2) is 54.6 Å². The number of benzene rings is 2. The summed E-state index contributed by atoms with van der Waals surface area (Å²) in [7, 11) is 3.43. The van der Waals surface area contributed by atoms with Crippen LogP contribution in [0.25, 0.3) is 0 Å².